The molecule has 0 radical (unpaired) electrons. The summed E-state index contributed by atoms with van der Waals surface area (Å²) < 4.78 is 5.47. The molecule has 1 atom stereocenters. The van der Waals surface area contributed by atoms with Crippen molar-refractivity contribution in [1.29, 1.82) is 0 Å². The molecule has 0 saturated carbocycles. The molecule has 0 unspecified atom stereocenters. The summed E-state index contributed by atoms with van der Waals surface area (Å²) in [6.45, 7) is 4.53. The molecule has 0 amide bonds. The number of hydrazine groups is 1. The van der Waals surface area contributed by atoms with Crippen molar-refractivity contribution in [2.45, 2.75) is 19.5 Å². The van der Waals surface area contributed by atoms with E-state index in [0.717, 1.165) is 17.0 Å². The first kappa shape index (κ1) is 17.1. The van der Waals surface area contributed by atoms with E-state index in [1.165, 1.54) is 12.1 Å². The van der Waals surface area contributed by atoms with E-state index >= 15 is 0 Å². The third-order valence-corrected chi connectivity index (χ3v) is 4.24. The van der Waals surface area contributed by atoms with Gasteiger partial charge in [-0.2, -0.15) is 5.43 Å². The largest absolute Gasteiger partial charge is 0.494 e. The molecule has 1 aliphatic heterocycles. The number of hydrogen-bond acceptors (Lipinski definition) is 5. The van der Waals surface area contributed by atoms with Crippen LogP contribution in [0.5, 0.6) is 5.75 Å². The minimum atomic E-state index is -0.594. The minimum absolute atomic E-state index is 0.0381. The number of nitro groups is 1. The quantitative estimate of drug-likeness (QED) is 0.483. The van der Waals surface area contributed by atoms with Crippen molar-refractivity contribution in [3.8, 4) is 5.75 Å². The molecule has 2 aromatic carbocycles. The van der Waals surface area contributed by atoms with Crippen LogP contribution in [0.15, 0.2) is 48.5 Å². The van der Waals surface area contributed by atoms with Crippen LogP contribution in [-0.4, -0.2) is 16.6 Å². The van der Waals surface area contributed by atoms with E-state index in [-0.39, 0.29) is 5.69 Å². The first-order valence-electron chi connectivity index (χ1n) is 7.81. The highest BCUT2D eigenvalue weighted by atomic mass is 32.1. The number of rotatable bonds is 5. The monoisotopic (exact) mass is 358 g/mol. The van der Waals surface area contributed by atoms with Gasteiger partial charge in [-0.3, -0.25) is 10.1 Å². The molecule has 1 fully saturated rings. The Labute approximate surface area is 150 Å². The Morgan fingerprint density at radius 3 is 2.40 bits per heavy atom. The van der Waals surface area contributed by atoms with Crippen molar-refractivity contribution in [3.63, 3.8) is 0 Å². The Morgan fingerprint density at radius 1 is 1.20 bits per heavy atom. The maximum Gasteiger partial charge on any atom is 0.269 e. The molecular formula is C17H18N4O3S. The van der Waals surface area contributed by atoms with Crippen molar-refractivity contribution in [1.82, 2.24) is 10.7 Å². The lowest BCUT2D eigenvalue weighted by Gasteiger charge is -2.26. The van der Waals surface area contributed by atoms with Crippen LogP contribution >= 0.6 is 12.2 Å². The van der Waals surface area contributed by atoms with E-state index in [9.17, 15) is 10.1 Å². The fourth-order valence-electron chi connectivity index (χ4n) is 2.67. The van der Waals surface area contributed by atoms with Crippen LogP contribution in [0.2, 0.25) is 0 Å². The minimum Gasteiger partial charge on any atom is -0.494 e. The van der Waals surface area contributed by atoms with Gasteiger partial charge >= 0.3 is 0 Å². The SMILES string of the molecule is CCOc1ccc([C@@]2(C)NC(=S)N(c3ccc([N+](=O)[O-])cc3)N2)cc1. The standard InChI is InChI=1S/C17H18N4O3S/c1-3-24-15-10-4-12(5-11-15)17(2)18-16(25)20(19-17)13-6-8-14(9-7-13)21(22)23/h4-11,19H,3H2,1-2H3,(H,18,25)/t17-/m0/s1. The molecular weight excluding hydrogens is 340 g/mol. The van der Waals surface area contributed by atoms with Gasteiger partial charge in [0.15, 0.2) is 5.11 Å². The van der Waals surface area contributed by atoms with Gasteiger partial charge in [0.1, 0.15) is 11.4 Å². The predicted octanol–water partition coefficient (Wildman–Crippen LogP) is 3.07. The first-order valence-corrected chi connectivity index (χ1v) is 8.21. The molecule has 0 aliphatic carbocycles. The lowest BCUT2D eigenvalue weighted by Crippen LogP contribution is -2.45. The van der Waals surface area contributed by atoms with Gasteiger partial charge in [-0.25, -0.2) is 5.01 Å². The van der Waals surface area contributed by atoms with Crippen molar-refractivity contribution in [2.75, 3.05) is 11.6 Å². The van der Waals surface area contributed by atoms with Gasteiger partial charge in [-0.1, -0.05) is 12.1 Å². The zero-order valence-corrected chi connectivity index (χ0v) is 14.7. The summed E-state index contributed by atoms with van der Waals surface area (Å²) >= 11 is 5.42. The van der Waals surface area contributed by atoms with Gasteiger partial charge < -0.3 is 10.1 Å². The maximum absolute atomic E-state index is 10.8. The first-order chi connectivity index (χ1) is 11.9. The van der Waals surface area contributed by atoms with Crippen LogP contribution in [0.1, 0.15) is 19.4 Å². The normalized spacial score (nSPS) is 19.6. The van der Waals surface area contributed by atoms with Gasteiger partial charge in [0, 0.05) is 12.1 Å². The summed E-state index contributed by atoms with van der Waals surface area (Å²) in [6, 6.07) is 14.0. The molecule has 1 saturated heterocycles. The Balaban J connectivity index is 1.81. The van der Waals surface area contributed by atoms with E-state index < -0.39 is 10.6 Å². The number of nitro benzene ring substituents is 1. The molecule has 0 aromatic heterocycles. The average Bonchev–Trinajstić information content (AvgIpc) is 2.92. The Bertz CT molecular complexity index is 795. The summed E-state index contributed by atoms with van der Waals surface area (Å²) in [7, 11) is 0. The predicted molar refractivity (Wildman–Crippen MR) is 99.4 cm³/mol. The highest BCUT2D eigenvalue weighted by molar-refractivity contribution is 7.80. The summed E-state index contributed by atoms with van der Waals surface area (Å²) in [5, 5.41) is 16.2. The lowest BCUT2D eigenvalue weighted by atomic mass is 10.0. The Morgan fingerprint density at radius 2 is 1.84 bits per heavy atom. The van der Waals surface area contributed by atoms with E-state index in [2.05, 4.69) is 10.7 Å². The topological polar surface area (TPSA) is 79.7 Å². The van der Waals surface area contributed by atoms with E-state index in [1.807, 2.05) is 38.1 Å². The maximum atomic E-state index is 10.8. The van der Waals surface area contributed by atoms with Crippen molar-refractivity contribution >= 4 is 28.7 Å². The number of hydrogen-bond donors (Lipinski definition) is 2. The van der Waals surface area contributed by atoms with Gasteiger partial charge in [-0.05, 0) is 55.9 Å². The van der Waals surface area contributed by atoms with E-state index in [1.54, 1.807) is 17.1 Å². The lowest BCUT2D eigenvalue weighted by molar-refractivity contribution is -0.384. The zero-order valence-electron chi connectivity index (χ0n) is 13.9. The van der Waals surface area contributed by atoms with Crippen molar-refractivity contribution in [3.05, 3.63) is 64.2 Å². The van der Waals surface area contributed by atoms with Crippen LogP contribution < -0.4 is 20.5 Å². The van der Waals surface area contributed by atoms with Gasteiger partial charge in [-0.15, -0.1) is 0 Å². The third kappa shape index (κ3) is 3.40. The Kier molecular flexibility index (Phi) is 4.56. The number of benzene rings is 2. The molecule has 2 aromatic rings. The molecule has 2 N–H and O–H groups in total. The van der Waals surface area contributed by atoms with E-state index in [0.29, 0.717) is 11.7 Å². The highest BCUT2D eigenvalue weighted by Gasteiger charge is 2.38. The zero-order chi connectivity index (χ0) is 18.0. The van der Waals surface area contributed by atoms with Crippen LogP contribution in [0.4, 0.5) is 11.4 Å². The van der Waals surface area contributed by atoms with Gasteiger partial charge in [0.2, 0.25) is 0 Å². The van der Waals surface area contributed by atoms with Gasteiger partial charge in [0.25, 0.3) is 5.69 Å². The molecule has 3 rings (SSSR count). The Hall–Kier alpha value is -2.71. The van der Waals surface area contributed by atoms with Crippen LogP contribution in [0, 0.1) is 10.1 Å². The molecule has 8 heteroatoms. The van der Waals surface area contributed by atoms with Crippen molar-refractivity contribution in [2.24, 2.45) is 0 Å². The summed E-state index contributed by atoms with van der Waals surface area (Å²) in [4.78, 5) is 10.4. The van der Waals surface area contributed by atoms with Crippen LogP contribution in [0.25, 0.3) is 0 Å². The molecule has 0 spiro atoms. The highest BCUT2D eigenvalue weighted by Crippen LogP contribution is 2.28. The number of anilines is 1. The number of non-ortho nitro benzene ring substituents is 1. The third-order valence-electron chi connectivity index (χ3n) is 3.96. The molecule has 1 aliphatic rings. The summed E-state index contributed by atoms with van der Waals surface area (Å²) in [6.07, 6.45) is 0. The summed E-state index contributed by atoms with van der Waals surface area (Å²) in [5.41, 5.74) is 4.47. The van der Waals surface area contributed by atoms with Gasteiger partial charge in [0.05, 0.1) is 17.2 Å². The number of nitrogens with one attached hydrogen (secondary N) is 2. The number of nitrogens with zero attached hydrogens (tertiary/aromatic N) is 2. The number of ether oxygens (including phenoxy) is 1. The smallest absolute Gasteiger partial charge is 0.269 e. The van der Waals surface area contributed by atoms with E-state index in [4.69, 9.17) is 17.0 Å². The fraction of sp³-hybridized carbons (Fsp3) is 0.235. The second-order valence-electron chi connectivity index (χ2n) is 5.73. The van der Waals surface area contributed by atoms with Crippen LogP contribution in [-0.2, 0) is 5.66 Å². The second-order valence-corrected chi connectivity index (χ2v) is 6.12. The molecule has 7 nitrogen and oxygen atoms in total. The molecule has 130 valence electrons. The van der Waals surface area contributed by atoms with Crippen LogP contribution in [0.3, 0.4) is 0 Å². The average molecular weight is 358 g/mol. The van der Waals surface area contributed by atoms with Crippen molar-refractivity contribution < 1.29 is 9.66 Å². The molecule has 0 bridgehead atoms. The molecule has 25 heavy (non-hydrogen) atoms. The summed E-state index contributed by atoms with van der Waals surface area (Å²) in [5.74, 6) is 0.808. The number of thiocarbonyl (C=S) groups is 1. The fourth-order valence-corrected chi connectivity index (χ4v) is 3.02. The second kappa shape index (κ2) is 6.66. The molecule has 1 heterocycles.